The Kier molecular flexibility index (Phi) is 5.41. The van der Waals surface area contributed by atoms with Gasteiger partial charge in [0.25, 0.3) is 11.8 Å². The molecule has 0 radical (unpaired) electrons. The van der Waals surface area contributed by atoms with Crippen LogP contribution >= 0.6 is 0 Å². The molecular formula is C20H18F2N2O4. The third-order valence-corrected chi connectivity index (χ3v) is 4.40. The summed E-state index contributed by atoms with van der Waals surface area (Å²) in [7, 11) is 3.03. The number of amides is 2. The zero-order valence-corrected chi connectivity index (χ0v) is 15.3. The van der Waals surface area contributed by atoms with Crippen LogP contribution < -0.4 is 9.64 Å². The largest absolute Gasteiger partial charge is 0.497 e. The summed E-state index contributed by atoms with van der Waals surface area (Å²) >= 11 is 0. The van der Waals surface area contributed by atoms with Gasteiger partial charge in [-0.25, -0.2) is 13.7 Å². The van der Waals surface area contributed by atoms with Crippen LogP contribution in [-0.4, -0.2) is 49.1 Å². The molecule has 2 aromatic carbocycles. The lowest BCUT2D eigenvalue weighted by atomic mass is 10.0. The molecule has 1 aliphatic rings. The highest BCUT2D eigenvalue weighted by Gasteiger charge is 2.42. The van der Waals surface area contributed by atoms with Crippen LogP contribution in [0.15, 0.2) is 48.2 Å². The average Bonchev–Trinajstić information content (AvgIpc) is 2.94. The van der Waals surface area contributed by atoms with Crippen molar-refractivity contribution < 1.29 is 28.2 Å². The zero-order chi connectivity index (χ0) is 20.4. The number of hydrogen-bond acceptors (Lipinski definition) is 5. The number of anilines is 1. The molecule has 0 bridgehead atoms. The van der Waals surface area contributed by atoms with Gasteiger partial charge in [-0.05, 0) is 29.8 Å². The van der Waals surface area contributed by atoms with Crippen LogP contribution in [0.4, 0.5) is 14.5 Å². The van der Waals surface area contributed by atoms with Gasteiger partial charge in [0.1, 0.15) is 23.1 Å². The van der Waals surface area contributed by atoms with Gasteiger partial charge >= 0.3 is 0 Å². The predicted molar refractivity (Wildman–Crippen MR) is 98.5 cm³/mol. The molecule has 0 spiro atoms. The van der Waals surface area contributed by atoms with Crippen LogP contribution in [0.5, 0.6) is 5.75 Å². The van der Waals surface area contributed by atoms with Crippen LogP contribution in [0.1, 0.15) is 5.56 Å². The first-order valence-electron chi connectivity index (χ1n) is 8.43. The fourth-order valence-electron chi connectivity index (χ4n) is 3.03. The summed E-state index contributed by atoms with van der Waals surface area (Å²) in [5.41, 5.74) is -0.0215. The highest BCUT2D eigenvalue weighted by Crippen LogP contribution is 2.36. The van der Waals surface area contributed by atoms with Gasteiger partial charge in [-0.15, -0.1) is 0 Å². The van der Waals surface area contributed by atoms with E-state index in [0.29, 0.717) is 16.2 Å². The van der Waals surface area contributed by atoms with Crippen molar-refractivity contribution in [2.75, 3.05) is 32.2 Å². The van der Waals surface area contributed by atoms with E-state index in [1.807, 2.05) is 0 Å². The summed E-state index contributed by atoms with van der Waals surface area (Å²) in [6.07, 6.45) is 0. The second-order valence-electron chi connectivity index (χ2n) is 6.14. The number of likely N-dealkylation sites (N-methyl/N-ethyl adjacent to an activating group) is 1. The van der Waals surface area contributed by atoms with Gasteiger partial charge < -0.3 is 14.7 Å². The van der Waals surface area contributed by atoms with Crippen molar-refractivity contribution >= 4 is 23.1 Å². The monoisotopic (exact) mass is 388 g/mol. The van der Waals surface area contributed by atoms with Crippen LogP contribution in [0.2, 0.25) is 0 Å². The van der Waals surface area contributed by atoms with E-state index in [9.17, 15) is 23.5 Å². The summed E-state index contributed by atoms with van der Waals surface area (Å²) < 4.78 is 33.0. The Morgan fingerprint density at radius 3 is 2.36 bits per heavy atom. The first-order valence-corrected chi connectivity index (χ1v) is 8.43. The Hall–Kier alpha value is -3.26. The normalized spacial score (nSPS) is 14.1. The second-order valence-corrected chi connectivity index (χ2v) is 6.14. The van der Waals surface area contributed by atoms with Crippen LogP contribution in [0.25, 0.3) is 5.57 Å². The van der Waals surface area contributed by atoms with Gasteiger partial charge in [-0.2, -0.15) is 0 Å². The molecule has 0 unspecified atom stereocenters. The minimum atomic E-state index is -0.900. The summed E-state index contributed by atoms with van der Waals surface area (Å²) in [4.78, 5) is 28.1. The maximum absolute atomic E-state index is 14.3. The van der Waals surface area contributed by atoms with Crippen LogP contribution in [-0.2, 0) is 9.59 Å². The van der Waals surface area contributed by atoms with Gasteiger partial charge in [0.15, 0.2) is 0 Å². The molecule has 2 aromatic rings. The van der Waals surface area contributed by atoms with E-state index < -0.39 is 29.1 Å². The number of aliphatic hydroxyl groups is 1. The number of hydrogen-bond donors (Lipinski definition) is 1. The summed E-state index contributed by atoms with van der Waals surface area (Å²) in [6, 6.07) is 8.99. The van der Waals surface area contributed by atoms with Crippen molar-refractivity contribution in [1.29, 1.82) is 0 Å². The lowest BCUT2D eigenvalue weighted by Gasteiger charge is -2.20. The number of ether oxygens (including phenoxy) is 1. The van der Waals surface area contributed by atoms with Crippen LogP contribution in [0.3, 0.4) is 0 Å². The first kappa shape index (κ1) is 19.5. The summed E-state index contributed by atoms with van der Waals surface area (Å²) in [6.45, 7) is -0.181. The Morgan fingerprint density at radius 2 is 1.75 bits per heavy atom. The van der Waals surface area contributed by atoms with Crippen molar-refractivity contribution in [3.63, 3.8) is 0 Å². The number of imide groups is 1. The first-order chi connectivity index (χ1) is 13.4. The van der Waals surface area contributed by atoms with E-state index in [1.165, 1.54) is 19.1 Å². The lowest BCUT2D eigenvalue weighted by Crippen LogP contribution is -2.35. The number of halogens is 2. The number of carbonyl (C=O) groups excluding carboxylic acids is 2. The highest BCUT2D eigenvalue weighted by molar-refractivity contribution is 6.45. The Bertz CT molecular complexity index is 957. The fourth-order valence-corrected chi connectivity index (χ4v) is 3.03. The molecule has 1 heterocycles. The van der Waals surface area contributed by atoms with E-state index >= 15 is 0 Å². The molecule has 146 valence electrons. The Balaban J connectivity index is 2.15. The van der Waals surface area contributed by atoms with Gasteiger partial charge in [-0.3, -0.25) is 9.59 Å². The van der Waals surface area contributed by atoms with Crippen molar-refractivity contribution in [3.05, 3.63) is 65.4 Å². The number of carbonyl (C=O) groups is 2. The smallest absolute Gasteiger partial charge is 0.282 e. The molecule has 0 aromatic heterocycles. The third-order valence-electron chi connectivity index (χ3n) is 4.40. The van der Waals surface area contributed by atoms with Crippen molar-refractivity contribution in [3.8, 4) is 5.75 Å². The molecule has 6 nitrogen and oxygen atoms in total. The molecule has 1 aliphatic heterocycles. The molecule has 1 N–H and O–H groups in total. The molecule has 0 atom stereocenters. The topological polar surface area (TPSA) is 70.1 Å². The fraction of sp³-hybridized carbons (Fsp3) is 0.200. The standard InChI is InChI=1S/C20H18F2N2O4/c1-23(9-10-25)18-17(12-3-6-14(28-2)7-4-12)19(26)24(20(18)27)16-11-13(21)5-8-15(16)22/h3-8,11,25H,9-10H2,1-2H3. The Labute approximate surface area is 160 Å². The molecule has 0 saturated carbocycles. The quantitative estimate of drug-likeness (QED) is 0.769. The third kappa shape index (κ3) is 3.34. The van der Waals surface area contributed by atoms with E-state index in [4.69, 9.17) is 4.74 Å². The van der Waals surface area contributed by atoms with Gasteiger partial charge in [-0.1, -0.05) is 12.1 Å². The Morgan fingerprint density at radius 1 is 1.07 bits per heavy atom. The van der Waals surface area contributed by atoms with Gasteiger partial charge in [0.2, 0.25) is 0 Å². The zero-order valence-electron chi connectivity index (χ0n) is 15.3. The van der Waals surface area contributed by atoms with E-state index in [2.05, 4.69) is 0 Å². The minimum absolute atomic E-state index is 0.00659. The van der Waals surface area contributed by atoms with E-state index in [-0.39, 0.29) is 24.4 Å². The van der Waals surface area contributed by atoms with Crippen molar-refractivity contribution in [2.45, 2.75) is 0 Å². The van der Waals surface area contributed by atoms with Crippen molar-refractivity contribution in [2.24, 2.45) is 0 Å². The van der Waals surface area contributed by atoms with Gasteiger partial charge in [0.05, 0.1) is 25.0 Å². The predicted octanol–water partition coefficient (Wildman–Crippen LogP) is 2.18. The number of aliphatic hydroxyl groups excluding tert-OH is 1. The highest BCUT2D eigenvalue weighted by atomic mass is 19.1. The average molecular weight is 388 g/mol. The van der Waals surface area contributed by atoms with E-state index in [1.54, 1.807) is 24.3 Å². The minimum Gasteiger partial charge on any atom is -0.497 e. The van der Waals surface area contributed by atoms with E-state index in [0.717, 1.165) is 18.2 Å². The molecule has 0 saturated heterocycles. The SMILES string of the molecule is COc1ccc(C2=C(N(C)CCO)C(=O)N(c3cc(F)ccc3F)C2=O)cc1. The molecule has 28 heavy (non-hydrogen) atoms. The molecule has 3 rings (SSSR count). The number of benzene rings is 2. The summed E-state index contributed by atoms with van der Waals surface area (Å²) in [5, 5.41) is 9.24. The summed E-state index contributed by atoms with van der Waals surface area (Å²) in [5.74, 6) is -2.70. The molecule has 2 amide bonds. The molecule has 0 fully saturated rings. The maximum Gasteiger partial charge on any atom is 0.282 e. The number of nitrogens with zero attached hydrogens (tertiary/aromatic N) is 2. The van der Waals surface area contributed by atoms with Crippen molar-refractivity contribution in [1.82, 2.24) is 4.90 Å². The van der Waals surface area contributed by atoms with Crippen LogP contribution in [0, 0.1) is 11.6 Å². The molecule has 0 aliphatic carbocycles. The molecule has 8 heteroatoms. The second kappa shape index (κ2) is 7.77. The number of methoxy groups -OCH3 is 1. The van der Waals surface area contributed by atoms with Gasteiger partial charge in [0, 0.05) is 19.7 Å². The maximum atomic E-state index is 14.3. The molecular weight excluding hydrogens is 370 g/mol. The number of rotatable bonds is 6. The lowest BCUT2D eigenvalue weighted by molar-refractivity contribution is -0.120.